The third kappa shape index (κ3) is 6.24. The second-order valence-corrected chi connectivity index (χ2v) is 9.36. The Morgan fingerprint density at radius 3 is 2.13 bits per heavy atom. The Morgan fingerprint density at radius 2 is 1.57 bits per heavy atom. The molecule has 5 nitrogen and oxygen atoms in total. The summed E-state index contributed by atoms with van der Waals surface area (Å²) >= 11 is 1.68. The molecule has 1 heterocycles. The van der Waals surface area contributed by atoms with Gasteiger partial charge in [0.2, 0.25) is 5.91 Å². The van der Waals surface area contributed by atoms with Crippen LogP contribution in [-0.4, -0.2) is 64.5 Å². The second-order valence-electron chi connectivity index (χ2n) is 7.55. The molecule has 2 rings (SSSR count). The van der Waals surface area contributed by atoms with E-state index in [1.807, 2.05) is 9.80 Å². The van der Waals surface area contributed by atoms with Crippen molar-refractivity contribution < 1.29 is 9.59 Å². The number of nitrogens with zero attached hydrogens (tertiary/aromatic N) is 2. The Bertz CT molecular complexity index is 409. The maximum atomic E-state index is 12.3. The van der Waals surface area contributed by atoms with Crippen molar-refractivity contribution >= 4 is 23.7 Å². The lowest BCUT2D eigenvalue weighted by molar-refractivity contribution is -0.129. The normalized spacial score (nSPS) is 20.5. The first-order valence-corrected chi connectivity index (χ1v) is 9.81. The minimum atomic E-state index is 0.0491. The topological polar surface area (TPSA) is 52.7 Å². The van der Waals surface area contributed by atoms with E-state index < -0.39 is 0 Å². The Hall–Kier alpha value is -0.910. The highest BCUT2D eigenvalue weighted by Gasteiger charge is 2.26. The van der Waals surface area contributed by atoms with Crippen LogP contribution in [0.5, 0.6) is 0 Å². The fourth-order valence-corrected chi connectivity index (χ4v) is 3.78. The summed E-state index contributed by atoms with van der Waals surface area (Å²) < 4.78 is 0.108. The maximum absolute atomic E-state index is 12.3. The van der Waals surface area contributed by atoms with Gasteiger partial charge in [0.15, 0.2) is 0 Å². The zero-order chi connectivity index (χ0) is 16.9. The van der Waals surface area contributed by atoms with Crippen LogP contribution in [0.1, 0.15) is 52.9 Å². The molecule has 0 spiro atoms. The van der Waals surface area contributed by atoms with Crippen molar-refractivity contribution in [3.63, 3.8) is 0 Å². The Labute approximate surface area is 144 Å². The predicted octanol–water partition coefficient (Wildman–Crippen LogP) is 2.70. The molecule has 6 heteroatoms. The number of hydrogen-bond acceptors (Lipinski definition) is 3. The number of rotatable bonds is 3. The van der Waals surface area contributed by atoms with E-state index in [4.69, 9.17) is 0 Å². The molecular formula is C17H31N3O2S. The molecule has 0 aromatic heterocycles. The number of hydrogen-bond donors (Lipinski definition) is 1. The second kappa shape index (κ2) is 8.27. The average molecular weight is 342 g/mol. The molecular weight excluding hydrogens is 310 g/mol. The summed E-state index contributed by atoms with van der Waals surface area (Å²) in [7, 11) is 0. The van der Waals surface area contributed by atoms with Crippen LogP contribution in [0.3, 0.4) is 0 Å². The molecule has 0 bridgehead atoms. The number of carbonyl (C=O) groups is 2. The maximum Gasteiger partial charge on any atom is 0.317 e. The predicted molar refractivity (Wildman–Crippen MR) is 95.8 cm³/mol. The average Bonchev–Trinajstić information content (AvgIpc) is 2.53. The summed E-state index contributed by atoms with van der Waals surface area (Å²) in [5.74, 6) is 0.717. The number of carbonyl (C=O) groups excluding carboxylic acids is 2. The van der Waals surface area contributed by atoms with Crippen molar-refractivity contribution in [2.75, 3.05) is 31.9 Å². The molecule has 2 fully saturated rings. The fourth-order valence-electron chi connectivity index (χ4n) is 3.04. The molecule has 1 aliphatic heterocycles. The standard InChI is InChI=1S/C17H31N3O2S/c1-17(2,3)23-13-15(21)19-9-11-20(12-10-19)16(22)18-14-7-5-4-6-8-14/h14H,4-13H2,1-3H3,(H,18,22). The van der Waals surface area contributed by atoms with Crippen LogP contribution in [0, 0.1) is 0 Å². The van der Waals surface area contributed by atoms with Gasteiger partial charge in [-0.2, -0.15) is 0 Å². The summed E-state index contributed by atoms with van der Waals surface area (Å²) in [5, 5.41) is 3.16. The Balaban J connectivity index is 1.70. The quantitative estimate of drug-likeness (QED) is 0.859. The van der Waals surface area contributed by atoms with E-state index in [0.29, 0.717) is 38.0 Å². The van der Waals surface area contributed by atoms with Gasteiger partial charge in [0, 0.05) is 37.0 Å². The molecule has 132 valence electrons. The Morgan fingerprint density at radius 1 is 1.00 bits per heavy atom. The summed E-state index contributed by atoms with van der Waals surface area (Å²) in [6.45, 7) is 8.97. The minimum Gasteiger partial charge on any atom is -0.338 e. The molecule has 1 N–H and O–H groups in total. The van der Waals surface area contributed by atoms with Gasteiger partial charge in [0.05, 0.1) is 5.75 Å². The summed E-state index contributed by atoms with van der Waals surface area (Å²) in [6, 6.07) is 0.396. The molecule has 23 heavy (non-hydrogen) atoms. The highest BCUT2D eigenvalue weighted by atomic mass is 32.2. The molecule has 1 saturated heterocycles. The van der Waals surface area contributed by atoms with E-state index in [1.165, 1.54) is 19.3 Å². The van der Waals surface area contributed by atoms with Crippen LogP contribution < -0.4 is 5.32 Å². The third-order valence-electron chi connectivity index (χ3n) is 4.48. The third-order valence-corrected chi connectivity index (χ3v) is 5.74. The van der Waals surface area contributed by atoms with E-state index >= 15 is 0 Å². The Kier molecular flexibility index (Phi) is 6.62. The molecule has 0 aromatic carbocycles. The van der Waals surface area contributed by atoms with Crippen LogP contribution in [-0.2, 0) is 4.79 Å². The van der Waals surface area contributed by atoms with E-state index in [2.05, 4.69) is 26.1 Å². The van der Waals surface area contributed by atoms with Gasteiger partial charge in [-0.15, -0.1) is 11.8 Å². The van der Waals surface area contributed by atoms with Crippen molar-refractivity contribution in [2.24, 2.45) is 0 Å². The number of urea groups is 1. The van der Waals surface area contributed by atoms with Gasteiger partial charge >= 0.3 is 6.03 Å². The van der Waals surface area contributed by atoms with E-state index in [0.717, 1.165) is 12.8 Å². The largest absolute Gasteiger partial charge is 0.338 e. The zero-order valence-electron chi connectivity index (χ0n) is 14.8. The lowest BCUT2D eigenvalue weighted by atomic mass is 9.96. The van der Waals surface area contributed by atoms with Gasteiger partial charge in [0.25, 0.3) is 0 Å². The van der Waals surface area contributed by atoms with Crippen LogP contribution in [0.4, 0.5) is 4.79 Å². The van der Waals surface area contributed by atoms with Gasteiger partial charge in [-0.3, -0.25) is 4.79 Å². The van der Waals surface area contributed by atoms with E-state index in [1.54, 1.807) is 11.8 Å². The van der Waals surface area contributed by atoms with Gasteiger partial charge in [0.1, 0.15) is 0 Å². The molecule has 0 radical (unpaired) electrons. The van der Waals surface area contributed by atoms with Crippen LogP contribution in [0.15, 0.2) is 0 Å². The van der Waals surface area contributed by atoms with Crippen molar-refractivity contribution in [1.82, 2.24) is 15.1 Å². The number of amides is 3. The van der Waals surface area contributed by atoms with Gasteiger partial charge in [-0.25, -0.2) is 4.79 Å². The zero-order valence-corrected chi connectivity index (χ0v) is 15.6. The van der Waals surface area contributed by atoms with Gasteiger partial charge < -0.3 is 15.1 Å². The van der Waals surface area contributed by atoms with Crippen LogP contribution in [0.2, 0.25) is 0 Å². The lowest BCUT2D eigenvalue weighted by Crippen LogP contribution is -2.55. The molecule has 3 amide bonds. The summed E-state index contributed by atoms with van der Waals surface area (Å²) in [6.07, 6.45) is 5.94. The van der Waals surface area contributed by atoms with Crippen LogP contribution >= 0.6 is 11.8 Å². The first-order chi connectivity index (χ1) is 10.8. The first-order valence-electron chi connectivity index (χ1n) is 8.82. The number of piperazine rings is 1. The molecule has 1 aliphatic carbocycles. The minimum absolute atomic E-state index is 0.0491. The molecule has 0 atom stereocenters. The monoisotopic (exact) mass is 341 g/mol. The SMILES string of the molecule is CC(C)(C)SCC(=O)N1CCN(C(=O)NC2CCCCC2)CC1. The van der Waals surface area contributed by atoms with Gasteiger partial charge in [-0.05, 0) is 12.8 Å². The highest BCUT2D eigenvalue weighted by molar-refractivity contribution is 8.01. The number of thioether (sulfide) groups is 1. The fraction of sp³-hybridized carbons (Fsp3) is 0.882. The van der Waals surface area contributed by atoms with Crippen molar-refractivity contribution in [1.29, 1.82) is 0 Å². The summed E-state index contributed by atoms with van der Waals surface area (Å²) in [5.41, 5.74) is 0. The first kappa shape index (κ1) is 18.4. The molecule has 2 aliphatic rings. The van der Waals surface area contributed by atoms with Crippen molar-refractivity contribution in [3.05, 3.63) is 0 Å². The highest BCUT2D eigenvalue weighted by Crippen LogP contribution is 2.23. The van der Waals surface area contributed by atoms with Gasteiger partial charge in [-0.1, -0.05) is 40.0 Å². The molecule has 0 aromatic rings. The number of nitrogens with one attached hydrogen (secondary N) is 1. The van der Waals surface area contributed by atoms with E-state index in [-0.39, 0.29) is 16.7 Å². The molecule has 0 unspecified atom stereocenters. The lowest BCUT2D eigenvalue weighted by Gasteiger charge is -2.36. The van der Waals surface area contributed by atoms with Crippen LogP contribution in [0.25, 0.3) is 0 Å². The smallest absolute Gasteiger partial charge is 0.317 e. The van der Waals surface area contributed by atoms with E-state index in [9.17, 15) is 9.59 Å². The van der Waals surface area contributed by atoms with Crippen molar-refractivity contribution in [2.45, 2.75) is 63.7 Å². The van der Waals surface area contributed by atoms with Crippen molar-refractivity contribution in [3.8, 4) is 0 Å². The summed E-state index contributed by atoms with van der Waals surface area (Å²) in [4.78, 5) is 28.3. The molecule has 1 saturated carbocycles.